The number of benzene rings is 2. The Hall–Kier alpha value is -2.64. The van der Waals surface area contributed by atoms with Crippen LogP contribution < -0.4 is 4.90 Å². The molecule has 3 aliphatic rings. The Kier molecular flexibility index (Phi) is 5.07. The third-order valence-electron chi connectivity index (χ3n) is 7.44. The van der Waals surface area contributed by atoms with E-state index in [1.54, 1.807) is 27.9 Å². The number of aromatic nitrogens is 2. The van der Waals surface area contributed by atoms with Crippen molar-refractivity contribution in [3.05, 3.63) is 71.8 Å². The Labute approximate surface area is 197 Å². The molecule has 7 heteroatoms. The fraction of sp³-hybridized carbons (Fsp3) is 0.385. The zero-order chi connectivity index (χ0) is 22.6. The van der Waals surface area contributed by atoms with Crippen LogP contribution in [0.2, 0.25) is 0 Å². The van der Waals surface area contributed by atoms with Gasteiger partial charge in [0.05, 0.1) is 12.7 Å². The highest BCUT2D eigenvalue weighted by Gasteiger charge is 2.60. The van der Waals surface area contributed by atoms with Gasteiger partial charge in [0, 0.05) is 54.0 Å². The summed E-state index contributed by atoms with van der Waals surface area (Å²) >= 11 is 1.99. The van der Waals surface area contributed by atoms with Crippen molar-refractivity contribution in [1.82, 2.24) is 14.7 Å². The highest BCUT2D eigenvalue weighted by molar-refractivity contribution is 7.99. The predicted molar refractivity (Wildman–Crippen MR) is 130 cm³/mol. The molecule has 0 bridgehead atoms. The number of amides is 1. The second kappa shape index (κ2) is 7.99. The second-order valence-corrected chi connectivity index (χ2v) is 10.4. The minimum absolute atomic E-state index is 0.0984. The van der Waals surface area contributed by atoms with E-state index < -0.39 is 5.54 Å². The number of anilines is 1. The molecule has 4 heterocycles. The molecule has 170 valence electrons. The van der Waals surface area contributed by atoms with Crippen LogP contribution in [0.25, 0.3) is 11.1 Å². The summed E-state index contributed by atoms with van der Waals surface area (Å²) in [7, 11) is 1.84. The molecule has 0 N–H and O–H groups in total. The molecule has 2 saturated heterocycles. The molecule has 3 aliphatic heterocycles. The van der Waals surface area contributed by atoms with E-state index in [-0.39, 0.29) is 18.3 Å². The predicted octanol–water partition coefficient (Wildman–Crippen LogP) is 4.57. The number of rotatable bonds is 4. The SMILES string of the molecule is Cn1cc(-c2ccc(CN3C(=O)C4(CCN4C4CCCSC4)c4ccccc43)c(F)c2)cn1. The number of para-hydroxylation sites is 1. The molecule has 2 atom stereocenters. The Balaban J connectivity index is 1.32. The maximum Gasteiger partial charge on any atom is 0.252 e. The fourth-order valence-electron chi connectivity index (χ4n) is 5.71. The van der Waals surface area contributed by atoms with Crippen molar-refractivity contribution in [2.45, 2.75) is 37.4 Å². The van der Waals surface area contributed by atoms with Crippen molar-refractivity contribution in [1.29, 1.82) is 0 Å². The number of thioether (sulfide) groups is 1. The normalized spacial score (nSPS) is 24.8. The van der Waals surface area contributed by atoms with Gasteiger partial charge < -0.3 is 4.90 Å². The summed E-state index contributed by atoms with van der Waals surface area (Å²) in [6.07, 6.45) is 6.79. The van der Waals surface area contributed by atoms with E-state index in [0.29, 0.717) is 11.6 Å². The number of halogens is 1. The van der Waals surface area contributed by atoms with Crippen LogP contribution in [0.4, 0.5) is 10.1 Å². The van der Waals surface area contributed by atoms with Gasteiger partial charge >= 0.3 is 0 Å². The highest BCUT2D eigenvalue weighted by atomic mass is 32.2. The number of hydrogen-bond acceptors (Lipinski definition) is 4. The number of nitrogens with zero attached hydrogens (tertiary/aromatic N) is 4. The van der Waals surface area contributed by atoms with Gasteiger partial charge in [-0.05, 0) is 42.7 Å². The van der Waals surface area contributed by atoms with E-state index in [9.17, 15) is 4.79 Å². The Bertz CT molecular complexity index is 1220. The van der Waals surface area contributed by atoms with Gasteiger partial charge in [0.2, 0.25) is 0 Å². The van der Waals surface area contributed by atoms with E-state index in [4.69, 9.17) is 0 Å². The number of aryl methyl sites for hydroxylation is 1. The van der Waals surface area contributed by atoms with Crippen molar-refractivity contribution < 1.29 is 9.18 Å². The third-order valence-corrected chi connectivity index (χ3v) is 8.64. The fourth-order valence-corrected chi connectivity index (χ4v) is 6.86. The minimum atomic E-state index is -0.578. The summed E-state index contributed by atoms with van der Waals surface area (Å²) in [6.45, 7) is 1.19. The van der Waals surface area contributed by atoms with Gasteiger partial charge in [-0.15, -0.1) is 0 Å². The van der Waals surface area contributed by atoms with Crippen LogP contribution in [0.3, 0.4) is 0 Å². The molecule has 0 aliphatic carbocycles. The van der Waals surface area contributed by atoms with E-state index in [1.807, 2.05) is 49.3 Å². The zero-order valence-corrected chi connectivity index (χ0v) is 19.5. The molecule has 0 radical (unpaired) electrons. The van der Waals surface area contributed by atoms with Gasteiger partial charge in [-0.3, -0.25) is 14.4 Å². The molecule has 0 saturated carbocycles. The molecule has 1 amide bonds. The molecule has 1 spiro atoms. The molecule has 2 unspecified atom stereocenters. The molecule has 1 aromatic heterocycles. The summed E-state index contributed by atoms with van der Waals surface area (Å²) in [5, 5.41) is 4.18. The van der Waals surface area contributed by atoms with Gasteiger partial charge in [0.25, 0.3) is 5.91 Å². The molecule has 33 heavy (non-hydrogen) atoms. The van der Waals surface area contributed by atoms with Crippen molar-refractivity contribution in [3.63, 3.8) is 0 Å². The average Bonchev–Trinajstić information content (AvgIpc) is 3.35. The molecule has 6 rings (SSSR count). The topological polar surface area (TPSA) is 41.4 Å². The lowest BCUT2D eigenvalue weighted by Crippen LogP contribution is -2.66. The molecular formula is C26H27FN4OS. The highest BCUT2D eigenvalue weighted by Crippen LogP contribution is 2.53. The first-order chi connectivity index (χ1) is 16.1. The van der Waals surface area contributed by atoms with Crippen LogP contribution in [0.15, 0.2) is 54.9 Å². The van der Waals surface area contributed by atoms with Crippen LogP contribution >= 0.6 is 11.8 Å². The zero-order valence-electron chi connectivity index (χ0n) is 18.7. The van der Waals surface area contributed by atoms with Gasteiger partial charge in [-0.2, -0.15) is 16.9 Å². The van der Waals surface area contributed by atoms with Gasteiger partial charge in [-0.25, -0.2) is 4.39 Å². The first-order valence-corrected chi connectivity index (χ1v) is 12.8. The van der Waals surface area contributed by atoms with Crippen LogP contribution in [0, 0.1) is 5.82 Å². The maximum absolute atomic E-state index is 15.2. The monoisotopic (exact) mass is 462 g/mol. The Morgan fingerprint density at radius 1 is 1.21 bits per heavy atom. The van der Waals surface area contributed by atoms with Crippen molar-refractivity contribution in [2.24, 2.45) is 7.05 Å². The molecule has 2 fully saturated rings. The number of fused-ring (bicyclic) bond motifs is 2. The van der Waals surface area contributed by atoms with Gasteiger partial charge in [0.15, 0.2) is 0 Å². The maximum atomic E-state index is 15.2. The summed E-state index contributed by atoms with van der Waals surface area (Å²) in [4.78, 5) is 18.2. The minimum Gasteiger partial charge on any atom is -0.306 e. The number of hydrogen-bond donors (Lipinski definition) is 0. The molecule has 2 aromatic carbocycles. The first kappa shape index (κ1) is 20.9. The smallest absolute Gasteiger partial charge is 0.252 e. The van der Waals surface area contributed by atoms with Gasteiger partial charge in [-0.1, -0.05) is 30.3 Å². The quantitative estimate of drug-likeness (QED) is 0.570. The largest absolute Gasteiger partial charge is 0.306 e. The number of carbonyl (C=O) groups is 1. The first-order valence-electron chi connectivity index (χ1n) is 11.6. The standard InChI is InChI=1S/C26H27FN4OS/c1-29-15-20(14-28-29)18-8-9-19(23(27)13-18)16-30-24-7-3-2-6-22(24)26(25(30)32)10-11-31(26)21-5-4-12-33-17-21/h2-3,6-9,13-15,21H,4-5,10-12,16-17H2,1H3. The molecular weight excluding hydrogens is 435 g/mol. The van der Waals surface area contributed by atoms with Crippen LogP contribution in [-0.4, -0.2) is 44.7 Å². The summed E-state index contributed by atoms with van der Waals surface area (Å²) < 4.78 is 16.9. The lowest BCUT2D eigenvalue weighted by molar-refractivity contribution is -0.143. The van der Waals surface area contributed by atoms with Crippen molar-refractivity contribution in [2.75, 3.05) is 23.0 Å². The van der Waals surface area contributed by atoms with Crippen molar-refractivity contribution in [3.8, 4) is 11.1 Å². The third kappa shape index (κ3) is 3.24. The Morgan fingerprint density at radius 3 is 2.79 bits per heavy atom. The number of carbonyl (C=O) groups excluding carboxylic acids is 1. The second-order valence-electron chi connectivity index (χ2n) is 9.29. The lowest BCUT2D eigenvalue weighted by Gasteiger charge is -2.54. The van der Waals surface area contributed by atoms with Crippen LogP contribution in [0.5, 0.6) is 0 Å². The van der Waals surface area contributed by atoms with E-state index in [0.717, 1.165) is 47.5 Å². The van der Waals surface area contributed by atoms with E-state index >= 15 is 4.39 Å². The van der Waals surface area contributed by atoms with Crippen LogP contribution in [0.1, 0.15) is 30.4 Å². The Morgan fingerprint density at radius 2 is 2.09 bits per heavy atom. The average molecular weight is 463 g/mol. The van der Waals surface area contributed by atoms with E-state index in [1.165, 1.54) is 12.2 Å². The summed E-state index contributed by atoms with van der Waals surface area (Å²) in [5.41, 5.74) is 3.62. The number of likely N-dealkylation sites (tertiary alicyclic amines) is 1. The lowest BCUT2D eigenvalue weighted by atomic mass is 9.77. The van der Waals surface area contributed by atoms with E-state index in [2.05, 4.69) is 16.1 Å². The van der Waals surface area contributed by atoms with Crippen molar-refractivity contribution >= 4 is 23.4 Å². The molecule has 5 nitrogen and oxygen atoms in total. The van der Waals surface area contributed by atoms with Crippen LogP contribution in [-0.2, 0) is 23.9 Å². The van der Waals surface area contributed by atoms with Gasteiger partial charge in [0.1, 0.15) is 11.4 Å². The molecule has 3 aromatic rings. The summed E-state index contributed by atoms with van der Waals surface area (Å²) in [6, 6.07) is 13.8. The summed E-state index contributed by atoms with van der Waals surface area (Å²) in [5.74, 6) is 2.10.